The van der Waals surface area contributed by atoms with Crippen molar-refractivity contribution in [3.8, 4) is 11.3 Å². The Hall–Kier alpha value is -2.07. The molecule has 0 unspecified atom stereocenters. The molecule has 3 rings (SSSR count). The van der Waals surface area contributed by atoms with Gasteiger partial charge in [-0.3, -0.25) is 4.79 Å². The van der Waals surface area contributed by atoms with Crippen LogP contribution in [-0.4, -0.2) is 6.29 Å². The largest absolute Gasteiger partial charge is 0.456 e. The number of fused-ring (bicyclic) bond motifs is 1. The fourth-order valence-electron chi connectivity index (χ4n) is 1.84. The Labute approximate surface area is 101 Å². The summed E-state index contributed by atoms with van der Waals surface area (Å²) in [6.45, 7) is 0. The number of benzene rings is 1. The smallest absolute Gasteiger partial charge is 0.151 e. The molecule has 0 aliphatic carbocycles. The first-order valence-electron chi connectivity index (χ1n) is 5.10. The molecule has 0 aliphatic rings. The minimum atomic E-state index is 0.576. The molecule has 0 saturated heterocycles. The summed E-state index contributed by atoms with van der Waals surface area (Å²) in [4.78, 5) is 10.9. The molecule has 84 valence electrons. The highest BCUT2D eigenvalue weighted by molar-refractivity contribution is 7.15. The Morgan fingerprint density at radius 2 is 2.12 bits per heavy atom. The number of nitrogens with two attached hydrogens (primary N) is 1. The van der Waals surface area contributed by atoms with E-state index in [1.807, 2.05) is 30.3 Å². The number of thiophene rings is 1. The van der Waals surface area contributed by atoms with Gasteiger partial charge >= 0.3 is 0 Å². The molecule has 4 heteroatoms. The number of aldehydes is 1. The van der Waals surface area contributed by atoms with Crippen LogP contribution in [0.25, 0.3) is 22.3 Å². The fraction of sp³-hybridized carbons (Fsp3) is 0. The van der Waals surface area contributed by atoms with Crippen molar-refractivity contribution in [3.63, 3.8) is 0 Å². The van der Waals surface area contributed by atoms with Crippen molar-refractivity contribution < 1.29 is 9.21 Å². The molecule has 17 heavy (non-hydrogen) atoms. The SMILES string of the molecule is Nc1scc(C=O)c1-c1cc2ccccc2o1. The van der Waals surface area contributed by atoms with Crippen LogP contribution in [0.3, 0.4) is 0 Å². The summed E-state index contributed by atoms with van der Waals surface area (Å²) >= 11 is 1.35. The molecule has 2 N–H and O–H groups in total. The molecule has 0 fully saturated rings. The van der Waals surface area contributed by atoms with Gasteiger partial charge in [-0.25, -0.2) is 0 Å². The van der Waals surface area contributed by atoms with Crippen molar-refractivity contribution in [1.82, 2.24) is 0 Å². The first-order valence-corrected chi connectivity index (χ1v) is 5.98. The maximum Gasteiger partial charge on any atom is 0.151 e. The van der Waals surface area contributed by atoms with E-state index in [0.717, 1.165) is 17.3 Å². The number of hydrogen-bond acceptors (Lipinski definition) is 4. The quantitative estimate of drug-likeness (QED) is 0.700. The number of para-hydroxylation sites is 1. The third-order valence-corrected chi connectivity index (χ3v) is 3.48. The van der Waals surface area contributed by atoms with Crippen molar-refractivity contribution in [1.29, 1.82) is 0 Å². The number of furan rings is 1. The van der Waals surface area contributed by atoms with Gasteiger partial charge in [0.2, 0.25) is 0 Å². The Morgan fingerprint density at radius 3 is 2.88 bits per heavy atom. The highest BCUT2D eigenvalue weighted by atomic mass is 32.1. The predicted molar refractivity (Wildman–Crippen MR) is 69.3 cm³/mol. The minimum absolute atomic E-state index is 0.576. The van der Waals surface area contributed by atoms with E-state index in [2.05, 4.69) is 0 Å². The van der Waals surface area contributed by atoms with Crippen molar-refractivity contribution >= 4 is 33.6 Å². The highest BCUT2D eigenvalue weighted by Gasteiger charge is 2.15. The molecule has 2 heterocycles. The zero-order valence-electron chi connectivity index (χ0n) is 8.84. The lowest BCUT2D eigenvalue weighted by molar-refractivity contribution is 0.112. The molecule has 0 spiro atoms. The van der Waals surface area contributed by atoms with E-state index >= 15 is 0 Å². The summed E-state index contributed by atoms with van der Waals surface area (Å²) in [6.07, 6.45) is 0.801. The van der Waals surface area contributed by atoms with Crippen LogP contribution in [0.2, 0.25) is 0 Å². The lowest BCUT2D eigenvalue weighted by Gasteiger charge is -1.95. The van der Waals surface area contributed by atoms with E-state index in [4.69, 9.17) is 10.2 Å². The van der Waals surface area contributed by atoms with E-state index in [-0.39, 0.29) is 0 Å². The van der Waals surface area contributed by atoms with Gasteiger partial charge < -0.3 is 10.2 Å². The van der Waals surface area contributed by atoms with Gasteiger partial charge in [0.15, 0.2) is 6.29 Å². The Kier molecular flexibility index (Phi) is 2.23. The van der Waals surface area contributed by atoms with Gasteiger partial charge in [-0.05, 0) is 12.1 Å². The summed E-state index contributed by atoms with van der Waals surface area (Å²) in [6, 6.07) is 9.61. The maximum atomic E-state index is 10.9. The zero-order valence-corrected chi connectivity index (χ0v) is 9.66. The minimum Gasteiger partial charge on any atom is -0.456 e. The molecule has 0 saturated carbocycles. The Balaban J connectivity index is 2.26. The van der Waals surface area contributed by atoms with Gasteiger partial charge in [0.25, 0.3) is 0 Å². The Bertz CT molecular complexity index is 663. The molecule has 1 aromatic carbocycles. The summed E-state index contributed by atoms with van der Waals surface area (Å²) in [7, 11) is 0. The monoisotopic (exact) mass is 243 g/mol. The van der Waals surface area contributed by atoms with Crippen LogP contribution >= 0.6 is 11.3 Å². The molecule has 0 atom stereocenters. The van der Waals surface area contributed by atoms with Crippen LogP contribution in [0.1, 0.15) is 10.4 Å². The second-order valence-corrected chi connectivity index (χ2v) is 4.61. The molecule has 0 bridgehead atoms. The lowest BCUT2D eigenvalue weighted by Crippen LogP contribution is -1.86. The predicted octanol–water partition coefficient (Wildman–Crippen LogP) is 3.56. The molecular formula is C13H9NO2S. The van der Waals surface area contributed by atoms with Gasteiger partial charge in [0.05, 0.1) is 10.6 Å². The highest BCUT2D eigenvalue weighted by Crippen LogP contribution is 2.37. The molecular weight excluding hydrogens is 234 g/mol. The van der Waals surface area contributed by atoms with E-state index < -0.39 is 0 Å². The second-order valence-electron chi connectivity index (χ2n) is 3.70. The molecule has 0 aliphatic heterocycles. The van der Waals surface area contributed by atoms with Gasteiger partial charge in [0, 0.05) is 16.3 Å². The number of hydrogen-bond donors (Lipinski definition) is 1. The average molecular weight is 243 g/mol. The van der Waals surface area contributed by atoms with E-state index in [1.54, 1.807) is 5.38 Å². The maximum absolute atomic E-state index is 10.9. The van der Waals surface area contributed by atoms with Crippen LogP contribution in [0.4, 0.5) is 5.00 Å². The third kappa shape index (κ3) is 1.54. The van der Waals surface area contributed by atoms with Gasteiger partial charge in [0.1, 0.15) is 11.3 Å². The van der Waals surface area contributed by atoms with E-state index in [1.165, 1.54) is 11.3 Å². The standard InChI is InChI=1S/C13H9NO2S/c14-13-12(9(6-15)7-17-13)11-5-8-3-1-2-4-10(8)16-11/h1-7H,14H2. The van der Waals surface area contributed by atoms with Crippen molar-refractivity contribution in [2.24, 2.45) is 0 Å². The second kappa shape index (κ2) is 3.75. The fourth-order valence-corrected chi connectivity index (χ4v) is 2.61. The van der Waals surface area contributed by atoms with Gasteiger partial charge in [-0.1, -0.05) is 18.2 Å². The van der Waals surface area contributed by atoms with Crippen molar-refractivity contribution in [2.45, 2.75) is 0 Å². The third-order valence-electron chi connectivity index (χ3n) is 2.65. The van der Waals surface area contributed by atoms with E-state index in [9.17, 15) is 4.79 Å². The molecule has 0 amide bonds. The lowest BCUT2D eigenvalue weighted by atomic mass is 10.1. The molecule has 2 aromatic heterocycles. The number of carbonyl (C=O) groups excluding carboxylic acids is 1. The van der Waals surface area contributed by atoms with Crippen molar-refractivity contribution in [2.75, 3.05) is 5.73 Å². The zero-order chi connectivity index (χ0) is 11.8. The van der Waals surface area contributed by atoms with Crippen LogP contribution in [0.15, 0.2) is 40.1 Å². The summed E-state index contributed by atoms with van der Waals surface area (Å²) in [5.41, 5.74) is 7.94. The summed E-state index contributed by atoms with van der Waals surface area (Å²) in [5.74, 6) is 0.645. The van der Waals surface area contributed by atoms with Crippen LogP contribution < -0.4 is 5.73 Å². The number of anilines is 1. The van der Waals surface area contributed by atoms with Crippen LogP contribution in [-0.2, 0) is 0 Å². The van der Waals surface area contributed by atoms with Gasteiger partial charge in [-0.2, -0.15) is 0 Å². The number of nitrogen functional groups attached to an aromatic ring is 1. The number of carbonyl (C=O) groups is 1. The summed E-state index contributed by atoms with van der Waals surface area (Å²) in [5, 5.41) is 3.35. The van der Waals surface area contributed by atoms with Crippen LogP contribution in [0.5, 0.6) is 0 Å². The summed E-state index contributed by atoms with van der Waals surface area (Å²) < 4.78 is 5.70. The first-order chi connectivity index (χ1) is 8.29. The number of rotatable bonds is 2. The normalized spacial score (nSPS) is 10.8. The Morgan fingerprint density at radius 1 is 1.29 bits per heavy atom. The van der Waals surface area contributed by atoms with Crippen LogP contribution in [0, 0.1) is 0 Å². The first kappa shape index (κ1) is 10.1. The molecule has 3 aromatic rings. The average Bonchev–Trinajstić information content (AvgIpc) is 2.91. The molecule has 3 nitrogen and oxygen atoms in total. The van der Waals surface area contributed by atoms with Gasteiger partial charge in [-0.15, -0.1) is 11.3 Å². The van der Waals surface area contributed by atoms with Crippen molar-refractivity contribution in [3.05, 3.63) is 41.3 Å². The van der Waals surface area contributed by atoms with E-state index in [0.29, 0.717) is 21.9 Å². The molecule has 0 radical (unpaired) electrons. The topological polar surface area (TPSA) is 56.2 Å².